The minimum absolute atomic E-state index is 0.0533. The average Bonchev–Trinajstić information content (AvgIpc) is 2.28. The second-order valence-corrected chi connectivity index (χ2v) is 5.33. The molecule has 0 aliphatic carbocycles. The third-order valence-corrected chi connectivity index (χ3v) is 3.74. The van der Waals surface area contributed by atoms with Gasteiger partial charge in [-0.15, -0.1) is 0 Å². The molecule has 0 fully saturated rings. The molecule has 0 saturated carbocycles. The lowest BCUT2D eigenvalue weighted by Gasteiger charge is -2.11. The predicted molar refractivity (Wildman–Crippen MR) is 64.6 cm³/mol. The van der Waals surface area contributed by atoms with Crippen molar-refractivity contribution in [3.63, 3.8) is 0 Å². The molecule has 1 aromatic carbocycles. The molecule has 1 aromatic rings. The number of hydrogen-bond acceptors (Lipinski definition) is 3. The van der Waals surface area contributed by atoms with Crippen LogP contribution in [0.2, 0.25) is 0 Å². The van der Waals surface area contributed by atoms with Crippen LogP contribution in [0.1, 0.15) is 6.92 Å². The van der Waals surface area contributed by atoms with E-state index >= 15 is 0 Å². The maximum atomic E-state index is 12.9. The Morgan fingerprint density at radius 2 is 2.29 bits per heavy atom. The van der Waals surface area contributed by atoms with Crippen LogP contribution in [0.4, 0.5) is 10.1 Å². The average molecular weight is 259 g/mol. The Hall–Kier alpha value is -1.27. The zero-order valence-electron chi connectivity index (χ0n) is 9.35. The van der Waals surface area contributed by atoms with Crippen LogP contribution < -0.4 is 5.32 Å². The summed E-state index contributed by atoms with van der Waals surface area (Å²) in [4.78, 5) is 11.6. The van der Waals surface area contributed by atoms with Crippen molar-refractivity contribution in [2.24, 2.45) is 0 Å². The minimum Gasteiger partial charge on any atom is -0.395 e. The standard InChI is InChI=1S/C11H14FNO3S/c1-8(17(16)6-5-14)11(15)13-10-4-2-3-9(12)7-10/h2-4,7-8,14H,5-6H2,1H3,(H,13,15). The van der Waals surface area contributed by atoms with Crippen LogP contribution in [-0.4, -0.2) is 32.8 Å². The number of carbonyl (C=O) groups is 1. The summed E-state index contributed by atoms with van der Waals surface area (Å²) in [6, 6.07) is 5.46. The van der Waals surface area contributed by atoms with Gasteiger partial charge in [-0.05, 0) is 25.1 Å². The Balaban J connectivity index is 2.63. The van der Waals surface area contributed by atoms with Gasteiger partial charge in [0, 0.05) is 22.2 Å². The number of halogens is 1. The summed E-state index contributed by atoms with van der Waals surface area (Å²) < 4.78 is 24.3. The van der Waals surface area contributed by atoms with Gasteiger partial charge in [0.15, 0.2) is 0 Å². The SMILES string of the molecule is CC(C(=O)Nc1cccc(F)c1)S(=O)CCO. The van der Waals surface area contributed by atoms with Crippen molar-refractivity contribution in [3.8, 4) is 0 Å². The molecule has 94 valence electrons. The smallest absolute Gasteiger partial charge is 0.239 e. The molecule has 0 aromatic heterocycles. The first kappa shape index (κ1) is 13.8. The summed E-state index contributed by atoms with van der Waals surface area (Å²) >= 11 is 0. The van der Waals surface area contributed by atoms with Gasteiger partial charge in [-0.25, -0.2) is 4.39 Å². The maximum absolute atomic E-state index is 12.9. The van der Waals surface area contributed by atoms with Gasteiger partial charge in [0.1, 0.15) is 11.1 Å². The number of anilines is 1. The van der Waals surface area contributed by atoms with Gasteiger partial charge < -0.3 is 10.4 Å². The number of carbonyl (C=O) groups excluding carboxylic acids is 1. The van der Waals surface area contributed by atoms with E-state index in [4.69, 9.17) is 5.11 Å². The highest BCUT2D eigenvalue weighted by Crippen LogP contribution is 2.10. The summed E-state index contributed by atoms with van der Waals surface area (Å²) in [6.07, 6.45) is 0. The Morgan fingerprint density at radius 1 is 1.59 bits per heavy atom. The number of benzene rings is 1. The Bertz CT molecular complexity index is 425. The lowest BCUT2D eigenvalue weighted by Crippen LogP contribution is -2.30. The van der Waals surface area contributed by atoms with Crippen LogP contribution in [0, 0.1) is 5.82 Å². The highest BCUT2D eigenvalue weighted by atomic mass is 32.2. The van der Waals surface area contributed by atoms with Gasteiger partial charge in [-0.2, -0.15) is 0 Å². The molecule has 1 amide bonds. The second-order valence-electron chi connectivity index (χ2n) is 3.45. The molecule has 2 atom stereocenters. The summed E-state index contributed by atoms with van der Waals surface area (Å²) in [5.41, 5.74) is 0.322. The van der Waals surface area contributed by atoms with Crippen LogP contribution in [0.5, 0.6) is 0 Å². The number of amides is 1. The number of aliphatic hydroxyl groups excluding tert-OH is 1. The third-order valence-electron chi connectivity index (χ3n) is 2.15. The van der Waals surface area contributed by atoms with Crippen molar-refractivity contribution in [1.82, 2.24) is 0 Å². The summed E-state index contributed by atoms with van der Waals surface area (Å²) in [5, 5.41) is 10.3. The largest absolute Gasteiger partial charge is 0.395 e. The van der Waals surface area contributed by atoms with Gasteiger partial charge in [-0.3, -0.25) is 9.00 Å². The van der Waals surface area contributed by atoms with E-state index in [-0.39, 0.29) is 12.4 Å². The highest BCUT2D eigenvalue weighted by Gasteiger charge is 2.19. The molecule has 2 N–H and O–H groups in total. The Kier molecular flexibility index (Phi) is 5.24. The molecule has 0 bridgehead atoms. The van der Waals surface area contributed by atoms with Crippen molar-refractivity contribution >= 4 is 22.4 Å². The highest BCUT2D eigenvalue weighted by molar-refractivity contribution is 7.86. The molecule has 1 rings (SSSR count). The van der Waals surface area contributed by atoms with E-state index in [1.807, 2.05) is 0 Å². The maximum Gasteiger partial charge on any atom is 0.239 e. The Morgan fingerprint density at radius 3 is 2.88 bits per heavy atom. The zero-order chi connectivity index (χ0) is 12.8. The third kappa shape index (κ3) is 4.24. The van der Waals surface area contributed by atoms with Crippen molar-refractivity contribution in [2.75, 3.05) is 17.7 Å². The van der Waals surface area contributed by atoms with E-state index in [0.717, 1.165) is 0 Å². The van der Waals surface area contributed by atoms with Crippen molar-refractivity contribution in [3.05, 3.63) is 30.1 Å². The van der Waals surface area contributed by atoms with E-state index in [9.17, 15) is 13.4 Å². The van der Waals surface area contributed by atoms with E-state index in [1.165, 1.54) is 25.1 Å². The van der Waals surface area contributed by atoms with Crippen LogP contribution >= 0.6 is 0 Å². The predicted octanol–water partition coefficient (Wildman–Crippen LogP) is 0.894. The van der Waals surface area contributed by atoms with Gasteiger partial charge in [0.25, 0.3) is 0 Å². The van der Waals surface area contributed by atoms with E-state index in [1.54, 1.807) is 6.07 Å². The molecule has 6 heteroatoms. The number of aliphatic hydroxyl groups is 1. The first-order chi connectivity index (χ1) is 8.04. The zero-order valence-corrected chi connectivity index (χ0v) is 10.2. The first-order valence-corrected chi connectivity index (χ1v) is 6.47. The lowest BCUT2D eigenvalue weighted by atomic mass is 10.3. The van der Waals surface area contributed by atoms with Gasteiger partial charge in [0.05, 0.1) is 6.61 Å². The minimum atomic E-state index is -1.43. The van der Waals surface area contributed by atoms with E-state index < -0.39 is 27.8 Å². The molecule has 2 unspecified atom stereocenters. The van der Waals surface area contributed by atoms with E-state index in [0.29, 0.717) is 5.69 Å². The molecule has 4 nitrogen and oxygen atoms in total. The molecule has 0 aliphatic rings. The monoisotopic (exact) mass is 259 g/mol. The van der Waals surface area contributed by atoms with Gasteiger partial charge >= 0.3 is 0 Å². The molecule has 0 aliphatic heterocycles. The lowest BCUT2D eigenvalue weighted by molar-refractivity contribution is -0.115. The molecule has 0 heterocycles. The van der Waals surface area contributed by atoms with Crippen LogP contribution in [0.15, 0.2) is 24.3 Å². The van der Waals surface area contributed by atoms with E-state index in [2.05, 4.69) is 5.32 Å². The fourth-order valence-corrected chi connectivity index (χ4v) is 2.03. The fraction of sp³-hybridized carbons (Fsp3) is 0.364. The second kappa shape index (κ2) is 6.46. The normalized spacial score (nSPS) is 14.1. The summed E-state index contributed by atoms with van der Waals surface area (Å²) in [5.74, 6) is -0.855. The molecule has 0 spiro atoms. The molecule has 0 radical (unpaired) electrons. The molecule has 0 saturated heterocycles. The summed E-state index contributed by atoms with van der Waals surface area (Å²) in [7, 11) is -1.43. The number of hydrogen-bond donors (Lipinski definition) is 2. The molecule has 17 heavy (non-hydrogen) atoms. The van der Waals surface area contributed by atoms with Gasteiger partial charge in [-0.1, -0.05) is 6.07 Å². The fourth-order valence-electron chi connectivity index (χ4n) is 1.20. The molecular weight excluding hydrogens is 245 g/mol. The molecular formula is C11H14FNO3S. The van der Waals surface area contributed by atoms with Crippen LogP contribution in [-0.2, 0) is 15.6 Å². The van der Waals surface area contributed by atoms with Crippen LogP contribution in [0.3, 0.4) is 0 Å². The van der Waals surface area contributed by atoms with Crippen molar-refractivity contribution < 1.29 is 18.5 Å². The van der Waals surface area contributed by atoms with Crippen molar-refractivity contribution in [1.29, 1.82) is 0 Å². The van der Waals surface area contributed by atoms with Gasteiger partial charge in [0.2, 0.25) is 5.91 Å². The number of rotatable bonds is 5. The van der Waals surface area contributed by atoms with Crippen LogP contribution in [0.25, 0.3) is 0 Å². The Labute approximate surface area is 101 Å². The quantitative estimate of drug-likeness (QED) is 0.825. The number of nitrogens with one attached hydrogen (secondary N) is 1. The summed E-state index contributed by atoms with van der Waals surface area (Å²) in [6.45, 7) is 1.27. The van der Waals surface area contributed by atoms with Crippen molar-refractivity contribution in [2.45, 2.75) is 12.2 Å². The first-order valence-electron chi connectivity index (χ1n) is 5.09. The topological polar surface area (TPSA) is 66.4 Å².